The zero-order valence-corrected chi connectivity index (χ0v) is 13.7. The predicted molar refractivity (Wildman–Crippen MR) is 95.9 cm³/mol. The zero-order valence-electron chi connectivity index (χ0n) is 13.0. The minimum absolute atomic E-state index is 0.0942. The minimum atomic E-state index is -0.0942. The molecular weight excluding hydrogens is 324 g/mol. The van der Waals surface area contributed by atoms with E-state index in [9.17, 15) is 4.79 Å². The first-order valence-electron chi connectivity index (χ1n) is 7.61. The second-order valence-electron chi connectivity index (χ2n) is 5.27. The summed E-state index contributed by atoms with van der Waals surface area (Å²) in [6.07, 6.45) is 0. The number of benzene rings is 2. The Bertz CT molecular complexity index is 798. The molecule has 1 amide bonds. The molecule has 0 aliphatic rings. The third-order valence-corrected chi connectivity index (χ3v) is 3.73. The lowest BCUT2D eigenvalue weighted by atomic mass is 10.2. The smallest absolute Gasteiger partial charge is 0.239 e. The minimum Gasteiger partial charge on any atom is -0.459 e. The van der Waals surface area contributed by atoms with E-state index in [1.54, 1.807) is 0 Å². The van der Waals surface area contributed by atoms with Crippen LogP contribution >= 0.6 is 11.6 Å². The molecule has 2 N–H and O–H groups in total. The number of hydrogen-bond donors (Lipinski definition) is 2. The lowest BCUT2D eigenvalue weighted by Crippen LogP contribution is -2.29. The third kappa shape index (κ3) is 4.40. The number of rotatable bonds is 6. The van der Waals surface area contributed by atoms with Gasteiger partial charge in [0.25, 0.3) is 0 Å². The lowest BCUT2D eigenvalue weighted by molar-refractivity contribution is -0.119. The van der Waals surface area contributed by atoms with Gasteiger partial charge in [-0.2, -0.15) is 0 Å². The van der Waals surface area contributed by atoms with Gasteiger partial charge in [0.1, 0.15) is 11.5 Å². The Kier molecular flexibility index (Phi) is 5.18. The zero-order chi connectivity index (χ0) is 16.8. The van der Waals surface area contributed by atoms with Crippen molar-refractivity contribution in [2.75, 3.05) is 11.9 Å². The summed E-state index contributed by atoms with van der Waals surface area (Å²) < 4.78 is 5.74. The van der Waals surface area contributed by atoms with Crippen molar-refractivity contribution in [2.45, 2.75) is 6.54 Å². The van der Waals surface area contributed by atoms with Crippen molar-refractivity contribution in [3.63, 3.8) is 0 Å². The number of para-hydroxylation sites is 1. The molecule has 24 heavy (non-hydrogen) atoms. The molecule has 0 spiro atoms. The first-order valence-corrected chi connectivity index (χ1v) is 7.99. The maximum absolute atomic E-state index is 11.9. The van der Waals surface area contributed by atoms with Gasteiger partial charge >= 0.3 is 0 Å². The molecule has 0 atom stereocenters. The van der Waals surface area contributed by atoms with Gasteiger partial charge in [-0.05, 0) is 48.5 Å². The highest BCUT2D eigenvalue weighted by Crippen LogP contribution is 2.23. The van der Waals surface area contributed by atoms with E-state index in [4.69, 9.17) is 16.0 Å². The summed E-state index contributed by atoms with van der Waals surface area (Å²) in [4.78, 5) is 11.9. The van der Waals surface area contributed by atoms with Gasteiger partial charge in [-0.3, -0.25) is 4.79 Å². The number of nitrogens with one attached hydrogen (secondary N) is 2. The van der Waals surface area contributed by atoms with Crippen molar-refractivity contribution >= 4 is 23.2 Å². The van der Waals surface area contributed by atoms with Crippen molar-refractivity contribution in [3.8, 4) is 11.3 Å². The van der Waals surface area contributed by atoms with Crippen LogP contribution in [-0.4, -0.2) is 12.5 Å². The standard InChI is InChI=1S/C19H17ClN2O2/c20-15-8-6-14(7-9-15)18-11-10-17(24-18)12-22-19(23)13-21-16-4-2-1-3-5-16/h1-11,21H,12-13H2,(H,22,23). The van der Waals surface area contributed by atoms with Gasteiger partial charge < -0.3 is 15.1 Å². The van der Waals surface area contributed by atoms with E-state index in [1.165, 1.54) is 0 Å². The highest BCUT2D eigenvalue weighted by molar-refractivity contribution is 6.30. The molecule has 4 nitrogen and oxygen atoms in total. The van der Waals surface area contributed by atoms with Crippen molar-refractivity contribution in [3.05, 3.63) is 77.5 Å². The SMILES string of the molecule is O=C(CNc1ccccc1)NCc1ccc(-c2ccc(Cl)cc2)o1. The molecule has 0 unspecified atom stereocenters. The first kappa shape index (κ1) is 16.1. The van der Waals surface area contributed by atoms with Gasteiger partial charge in [-0.15, -0.1) is 0 Å². The number of furan rings is 1. The van der Waals surface area contributed by atoms with Crippen molar-refractivity contribution in [1.29, 1.82) is 0 Å². The number of amides is 1. The molecule has 0 saturated carbocycles. The van der Waals surface area contributed by atoms with Crippen LogP contribution in [0.4, 0.5) is 5.69 Å². The van der Waals surface area contributed by atoms with Crippen LogP contribution in [0.5, 0.6) is 0 Å². The molecule has 0 fully saturated rings. The molecule has 1 aromatic heterocycles. The summed E-state index contributed by atoms with van der Waals surface area (Å²) in [5, 5.41) is 6.57. The van der Waals surface area contributed by atoms with Crippen LogP contribution in [0.1, 0.15) is 5.76 Å². The second kappa shape index (κ2) is 7.70. The van der Waals surface area contributed by atoms with Gasteiger partial charge in [-0.1, -0.05) is 29.8 Å². The Morgan fingerprint density at radius 2 is 1.71 bits per heavy atom. The maximum atomic E-state index is 11.9. The quantitative estimate of drug-likeness (QED) is 0.702. The highest BCUT2D eigenvalue weighted by atomic mass is 35.5. The molecule has 3 rings (SSSR count). The Morgan fingerprint density at radius 3 is 2.46 bits per heavy atom. The molecule has 122 valence electrons. The van der Waals surface area contributed by atoms with Crippen LogP contribution in [0.25, 0.3) is 11.3 Å². The van der Waals surface area contributed by atoms with E-state index in [0.717, 1.165) is 17.0 Å². The van der Waals surface area contributed by atoms with Gasteiger partial charge in [-0.25, -0.2) is 0 Å². The Hall–Kier alpha value is -2.72. The molecule has 0 saturated heterocycles. The number of carbonyl (C=O) groups is 1. The van der Waals surface area contributed by atoms with E-state index < -0.39 is 0 Å². The van der Waals surface area contributed by atoms with Crippen LogP contribution in [0.15, 0.2) is 71.1 Å². The predicted octanol–water partition coefficient (Wildman–Crippen LogP) is 4.33. The summed E-state index contributed by atoms with van der Waals surface area (Å²) in [6.45, 7) is 0.567. The van der Waals surface area contributed by atoms with Crippen LogP contribution in [0, 0.1) is 0 Å². The van der Waals surface area contributed by atoms with Crippen molar-refractivity contribution < 1.29 is 9.21 Å². The van der Waals surface area contributed by atoms with Gasteiger partial charge in [0.15, 0.2) is 0 Å². The van der Waals surface area contributed by atoms with Gasteiger partial charge in [0.2, 0.25) is 5.91 Å². The summed E-state index contributed by atoms with van der Waals surface area (Å²) in [5.74, 6) is 1.36. The van der Waals surface area contributed by atoms with E-state index in [2.05, 4.69) is 10.6 Å². The third-order valence-electron chi connectivity index (χ3n) is 3.48. The topological polar surface area (TPSA) is 54.3 Å². The number of anilines is 1. The van der Waals surface area contributed by atoms with E-state index in [1.807, 2.05) is 66.7 Å². The molecule has 1 heterocycles. The van der Waals surface area contributed by atoms with E-state index in [0.29, 0.717) is 17.3 Å². The molecule has 0 radical (unpaired) electrons. The molecule has 2 aromatic carbocycles. The van der Waals surface area contributed by atoms with Crippen LogP contribution in [0.3, 0.4) is 0 Å². The number of carbonyl (C=O) groups excluding carboxylic acids is 1. The molecule has 5 heteroatoms. The molecule has 0 aliphatic carbocycles. The molecule has 0 bridgehead atoms. The number of halogens is 1. The monoisotopic (exact) mass is 340 g/mol. The maximum Gasteiger partial charge on any atom is 0.239 e. The van der Waals surface area contributed by atoms with Gasteiger partial charge in [0.05, 0.1) is 13.1 Å². The Labute approximate surface area is 145 Å². The van der Waals surface area contributed by atoms with Crippen molar-refractivity contribution in [1.82, 2.24) is 5.32 Å². The lowest BCUT2D eigenvalue weighted by Gasteiger charge is -2.06. The second-order valence-corrected chi connectivity index (χ2v) is 5.71. The highest BCUT2D eigenvalue weighted by Gasteiger charge is 2.07. The normalized spacial score (nSPS) is 10.4. The van der Waals surface area contributed by atoms with E-state index in [-0.39, 0.29) is 12.5 Å². The summed E-state index contributed by atoms with van der Waals surface area (Å²) >= 11 is 5.88. The first-order chi connectivity index (χ1) is 11.7. The number of hydrogen-bond acceptors (Lipinski definition) is 3. The summed E-state index contributed by atoms with van der Waals surface area (Å²) in [7, 11) is 0. The molecule has 3 aromatic rings. The van der Waals surface area contributed by atoms with Gasteiger partial charge in [0, 0.05) is 16.3 Å². The summed E-state index contributed by atoms with van der Waals surface area (Å²) in [6, 6.07) is 20.8. The summed E-state index contributed by atoms with van der Waals surface area (Å²) in [5.41, 5.74) is 1.86. The average Bonchev–Trinajstić information content (AvgIpc) is 3.09. The fourth-order valence-corrected chi connectivity index (χ4v) is 2.35. The molecular formula is C19H17ClN2O2. The Morgan fingerprint density at radius 1 is 0.958 bits per heavy atom. The average molecular weight is 341 g/mol. The van der Waals surface area contributed by atoms with Crippen LogP contribution in [-0.2, 0) is 11.3 Å². The fraction of sp³-hybridized carbons (Fsp3) is 0.105. The largest absolute Gasteiger partial charge is 0.459 e. The molecule has 0 aliphatic heterocycles. The van der Waals surface area contributed by atoms with Crippen LogP contribution in [0.2, 0.25) is 5.02 Å². The van der Waals surface area contributed by atoms with Crippen LogP contribution < -0.4 is 10.6 Å². The Balaban J connectivity index is 1.50. The van der Waals surface area contributed by atoms with E-state index >= 15 is 0 Å². The van der Waals surface area contributed by atoms with Crippen molar-refractivity contribution in [2.24, 2.45) is 0 Å². The fourth-order valence-electron chi connectivity index (χ4n) is 2.23.